The molecule has 1 saturated heterocycles. The summed E-state index contributed by atoms with van der Waals surface area (Å²) in [5.41, 5.74) is 1.51. The Hall–Kier alpha value is -3.51. The van der Waals surface area contributed by atoms with E-state index in [1.165, 1.54) is 12.1 Å². The van der Waals surface area contributed by atoms with Gasteiger partial charge in [0, 0.05) is 44.0 Å². The highest BCUT2D eigenvalue weighted by Crippen LogP contribution is 2.34. The van der Waals surface area contributed by atoms with Crippen LogP contribution in [0, 0.1) is 17.0 Å². The maximum atomic E-state index is 12.8. The quantitative estimate of drug-likeness (QED) is 0.311. The predicted octanol–water partition coefficient (Wildman–Crippen LogP) is 3.08. The number of hydrogen-bond acceptors (Lipinski definition) is 10. The third-order valence-electron chi connectivity index (χ3n) is 5.51. The molecule has 1 aliphatic heterocycles. The van der Waals surface area contributed by atoms with E-state index < -0.39 is 16.9 Å². The number of amides is 1. The third-order valence-corrected chi connectivity index (χ3v) is 6.69. The minimum Gasteiger partial charge on any atom is -0.462 e. The molecule has 2 aromatic rings. The summed E-state index contributed by atoms with van der Waals surface area (Å²) in [7, 11) is 0. The number of benzene rings is 1. The van der Waals surface area contributed by atoms with Crippen LogP contribution in [0.2, 0.25) is 0 Å². The second-order valence-corrected chi connectivity index (χ2v) is 8.81. The van der Waals surface area contributed by atoms with Crippen molar-refractivity contribution in [2.24, 2.45) is 0 Å². The fourth-order valence-corrected chi connectivity index (χ4v) is 4.87. The van der Waals surface area contributed by atoms with E-state index in [0.29, 0.717) is 31.7 Å². The Bertz CT molecular complexity index is 1090. The molecule has 0 unspecified atom stereocenters. The fraction of sp³-hybridized carbons (Fsp3) is 0.435. The number of non-ortho nitro benzene ring substituents is 1. The highest BCUT2D eigenvalue weighted by Gasteiger charge is 2.28. The van der Waals surface area contributed by atoms with Crippen molar-refractivity contribution in [2.45, 2.75) is 20.8 Å². The molecule has 0 saturated carbocycles. The Morgan fingerprint density at radius 1 is 1.03 bits per heavy atom. The Morgan fingerprint density at radius 3 is 2.20 bits per heavy atom. The monoisotopic (exact) mass is 504 g/mol. The van der Waals surface area contributed by atoms with Crippen LogP contribution in [0.1, 0.15) is 39.4 Å². The van der Waals surface area contributed by atoms with Crippen molar-refractivity contribution in [1.29, 1.82) is 0 Å². The van der Waals surface area contributed by atoms with Crippen LogP contribution in [0.3, 0.4) is 0 Å². The van der Waals surface area contributed by atoms with E-state index in [9.17, 15) is 24.5 Å². The second-order valence-electron chi connectivity index (χ2n) is 7.79. The zero-order valence-electron chi connectivity index (χ0n) is 19.9. The van der Waals surface area contributed by atoms with Gasteiger partial charge >= 0.3 is 11.9 Å². The first-order valence-electron chi connectivity index (χ1n) is 11.2. The van der Waals surface area contributed by atoms with E-state index in [1.54, 1.807) is 32.9 Å². The number of nitrogens with one attached hydrogen (secondary N) is 1. The van der Waals surface area contributed by atoms with Crippen LogP contribution < -0.4 is 10.2 Å². The topological polar surface area (TPSA) is 131 Å². The summed E-state index contributed by atoms with van der Waals surface area (Å²) in [6.45, 7) is 8.02. The van der Waals surface area contributed by atoms with Crippen molar-refractivity contribution in [1.82, 2.24) is 4.90 Å². The number of nitrogens with zero attached hydrogens (tertiary/aromatic N) is 3. The van der Waals surface area contributed by atoms with E-state index in [-0.39, 0.29) is 46.8 Å². The molecule has 1 aliphatic rings. The zero-order valence-corrected chi connectivity index (χ0v) is 20.7. The SMILES string of the molecule is CCOC(=O)c1sc(NC(=O)CN2CCN(c3ccc([N+](=O)[O-])cc3)CC2)c(C(=O)OCC)c1C. The number of nitro benzene ring substituents is 1. The minimum absolute atomic E-state index is 0.0428. The van der Waals surface area contributed by atoms with Gasteiger partial charge in [-0.1, -0.05) is 0 Å². The number of thiophene rings is 1. The largest absolute Gasteiger partial charge is 0.462 e. The number of piperazine rings is 1. The van der Waals surface area contributed by atoms with Crippen LogP contribution in [0.25, 0.3) is 0 Å². The molecule has 12 heteroatoms. The van der Waals surface area contributed by atoms with Gasteiger partial charge in [-0.05, 0) is 38.5 Å². The molecular formula is C23H28N4O7S. The average Bonchev–Trinajstić information content (AvgIpc) is 3.15. The van der Waals surface area contributed by atoms with Gasteiger partial charge in [0.15, 0.2) is 0 Å². The molecule has 188 valence electrons. The maximum Gasteiger partial charge on any atom is 0.348 e. The fourth-order valence-electron chi connectivity index (χ4n) is 3.76. The molecule has 0 bridgehead atoms. The van der Waals surface area contributed by atoms with Crippen LogP contribution >= 0.6 is 11.3 Å². The maximum absolute atomic E-state index is 12.8. The number of nitro groups is 1. The number of hydrogen-bond donors (Lipinski definition) is 1. The Balaban J connectivity index is 1.63. The predicted molar refractivity (Wildman–Crippen MR) is 131 cm³/mol. The van der Waals surface area contributed by atoms with Crippen LogP contribution in [0.4, 0.5) is 16.4 Å². The van der Waals surface area contributed by atoms with Gasteiger partial charge in [-0.3, -0.25) is 19.8 Å². The first-order valence-corrected chi connectivity index (χ1v) is 12.1. The van der Waals surface area contributed by atoms with Gasteiger partial charge in [-0.15, -0.1) is 11.3 Å². The molecule has 0 spiro atoms. The molecule has 11 nitrogen and oxygen atoms in total. The summed E-state index contributed by atoms with van der Waals surface area (Å²) in [5.74, 6) is -1.47. The smallest absolute Gasteiger partial charge is 0.348 e. The summed E-state index contributed by atoms with van der Waals surface area (Å²) in [5, 5.41) is 13.9. The minimum atomic E-state index is -0.608. The van der Waals surface area contributed by atoms with E-state index >= 15 is 0 Å². The number of esters is 2. The first-order chi connectivity index (χ1) is 16.7. The molecule has 1 aromatic heterocycles. The molecule has 2 heterocycles. The molecule has 1 N–H and O–H groups in total. The van der Waals surface area contributed by atoms with Crippen molar-refractivity contribution in [3.63, 3.8) is 0 Å². The van der Waals surface area contributed by atoms with Gasteiger partial charge < -0.3 is 19.7 Å². The summed E-state index contributed by atoms with van der Waals surface area (Å²) < 4.78 is 10.2. The number of carbonyl (C=O) groups is 3. The van der Waals surface area contributed by atoms with Crippen LogP contribution in [-0.4, -0.2) is 73.6 Å². The number of rotatable bonds is 9. The number of anilines is 2. The van der Waals surface area contributed by atoms with E-state index in [2.05, 4.69) is 10.2 Å². The van der Waals surface area contributed by atoms with Crippen LogP contribution in [0.5, 0.6) is 0 Å². The van der Waals surface area contributed by atoms with Crippen molar-refractivity contribution in [3.8, 4) is 0 Å². The van der Waals surface area contributed by atoms with E-state index in [4.69, 9.17) is 9.47 Å². The highest BCUT2D eigenvalue weighted by atomic mass is 32.1. The van der Waals surface area contributed by atoms with Gasteiger partial charge in [-0.25, -0.2) is 9.59 Å². The molecule has 0 aliphatic carbocycles. The molecule has 35 heavy (non-hydrogen) atoms. The van der Waals surface area contributed by atoms with Gasteiger partial charge in [0.05, 0.1) is 30.2 Å². The Labute approximate surface area is 206 Å². The number of carbonyl (C=O) groups excluding carboxylic acids is 3. The summed E-state index contributed by atoms with van der Waals surface area (Å²) >= 11 is 0.998. The third kappa shape index (κ3) is 6.34. The molecule has 1 amide bonds. The molecule has 1 fully saturated rings. The standard InChI is InChI=1S/C23H28N4O7S/c1-4-33-22(29)19-15(3)20(23(30)34-5-2)35-21(19)24-18(28)14-25-10-12-26(13-11-25)16-6-8-17(9-7-16)27(31)32/h6-9H,4-5,10-14H2,1-3H3,(H,24,28). The second kappa shape index (κ2) is 11.8. The van der Waals surface area contributed by atoms with Crippen molar-refractivity contribution < 1.29 is 28.8 Å². The lowest BCUT2D eigenvalue weighted by molar-refractivity contribution is -0.384. The molecule has 0 radical (unpaired) electrons. The zero-order chi connectivity index (χ0) is 25.5. The van der Waals surface area contributed by atoms with Crippen LogP contribution in [0.15, 0.2) is 24.3 Å². The molecular weight excluding hydrogens is 476 g/mol. The first kappa shape index (κ1) is 26.1. The van der Waals surface area contributed by atoms with E-state index in [0.717, 1.165) is 17.0 Å². The summed E-state index contributed by atoms with van der Waals surface area (Å²) in [4.78, 5) is 52.3. The molecule has 3 rings (SSSR count). The number of ether oxygens (including phenoxy) is 2. The van der Waals surface area contributed by atoms with Crippen molar-refractivity contribution in [3.05, 3.63) is 50.4 Å². The lowest BCUT2D eigenvalue weighted by atomic mass is 10.1. The van der Waals surface area contributed by atoms with Crippen molar-refractivity contribution in [2.75, 3.05) is 56.2 Å². The van der Waals surface area contributed by atoms with Gasteiger partial charge in [0.1, 0.15) is 9.88 Å². The summed E-state index contributed by atoms with van der Waals surface area (Å²) in [6.07, 6.45) is 0. The lowest BCUT2D eigenvalue weighted by Crippen LogP contribution is -2.48. The van der Waals surface area contributed by atoms with E-state index in [1.807, 2.05) is 4.90 Å². The highest BCUT2D eigenvalue weighted by molar-refractivity contribution is 7.18. The van der Waals surface area contributed by atoms with Gasteiger partial charge in [0.25, 0.3) is 5.69 Å². The molecule has 1 aromatic carbocycles. The summed E-state index contributed by atoms with van der Waals surface area (Å²) in [6, 6.07) is 6.39. The Kier molecular flexibility index (Phi) is 8.77. The van der Waals surface area contributed by atoms with Crippen LogP contribution in [-0.2, 0) is 14.3 Å². The normalized spacial score (nSPS) is 13.9. The van der Waals surface area contributed by atoms with Gasteiger partial charge in [-0.2, -0.15) is 0 Å². The van der Waals surface area contributed by atoms with Gasteiger partial charge in [0.2, 0.25) is 5.91 Å². The average molecular weight is 505 g/mol. The molecule has 0 atom stereocenters. The lowest BCUT2D eigenvalue weighted by Gasteiger charge is -2.35. The Morgan fingerprint density at radius 2 is 1.63 bits per heavy atom. The van der Waals surface area contributed by atoms with Crippen molar-refractivity contribution >= 4 is 45.6 Å².